The molecule has 2 N–H and O–H groups in total. The zero-order valence-corrected chi connectivity index (χ0v) is 15.7. The number of para-hydroxylation sites is 1. The number of benzene rings is 1. The molecule has 2 unspecified atom stereocenters. The van der Waals surface area contributed by atoms with Crippen LogP contribution in [-0.2, 0) is 9.59 Å². The van der Waals surface area contributed by atoms with Gasteiger partial charge in [0.2, 0.25) is 11.8 Å². The largest absolute Gasteiger partial charge is 0.352 e. The zero-order valence-electron chi connectivity index (χ0n) is 15.7. The standard InChI is InChI=1S/C21H31N3O2/c1-16-7-5-6-10-19(16)23-20(25)15-24-13-11-17(12-14-24)21(26)22-18-8-3-2-4-9-18/h2-4,8-9,16-17,19H,5-7,10-15H2,1H3,(H,22,26)(H,23,25). The van der Waals surface area contributed by atoms with Crippen LogP contribution in [0.25, 0.3) is 0 Å². The summed E-state index contributed by atoms with van der Waals surface area (Å²) in [6, 6.07) is 9.93. The second-order valence-corrected chi connectivity index (χ2v) is 7.84. The lowest BCUT2D eigenvalue weighted by Gasteiger charge is -2.33. The van der Waals surface area contributed by atoms with Crippen LogP contribution in [0, 0.1) is 11.8 Å². The molecule has 0 radical (unpaired) electrons. The van der Waals surface area contributed by atoms with Crippen molar-refractivity contribution in [1.29, 1.82) is 0 Å². The Morgan fingerprint density at radius 1 is 1.04 bits per heavy atom. The van der Waals surface area contributed by atoms with Gasteiger partial charge in [-0.15, -0.1) is 0 Å². The SMILES string of the molecule is CC1CCCCC1NC(=O)CN1CCC(C(=O)Nc2ccccc2)CC1. The number of amides is 2. The summed E-state index contributed by atoms with van der Waals surface area (Å²) in [5, 5.41) is 6.21. The molecule has 5 nitrogen and oxygen atoms in total. The Bertz CT molecular complexity index is 597. The summed E-state index contributed by atoms with van der Waals surface area (Å²) >= 11 is 0. The van der Waals surface area contributed by atoms with Crippen LogP contribution in [0.1, 0.15) is 45.4 Å². The van der Waals surface area contributed by atoms with Crippen LogP contribution < -0.4 is 10.6 Å². The predicted molar refractivity (Wildman–Crippen MR) is 104 cm³/mol. The quantitative estimate of drug-likeness (QED) is 0.851. The minimum atomic E-state index is 0.0351. The molecule has 1 aliphatic carbocycles. The average molecular weight is 357 g/mol. The van der Waals surface area contributed by atoms with E-state index in [0.717, 1.165) is 38.0 Å². The van der Waals surface area contributed by atoms with Gasteiger partial charge in [-0.25, -0.2) is 0 Å². The van der Waals surface area contributed by atoms with Gasteiger partial charge in [-0.1, -0.05) is 38.0 Å². The van der Waals surface area contributed by atoms with Gasteiger partial charge in [0.15, 0.2) is 0 Å². The molecule has 1 aromatic rings. The van der Waals surface area contributed by atoms with Crippen LogP contribution in [0.4, 0.5) is 5.69 Å². The van der Waals surface area contributed by atoms with E-state index >= 15 is 0 Å². The Hall–Kier alpha value is -1.88. The molecule has 1 heterocycles. The number of rotatable bonds is 5. The van der Waals surface area contributed by atoms with Gasteiger partial charge in [0, 0.05) is 17.6 Å². The van der Waals surface area contributed by atoms with Crippen LogP contribution in [0.5, 0.6) is 0 Å². The normalized spacial score (nSPS) is 24.8. The van der Waals surface area contributed by atoms with Crippen molar-refractivity contribution in [1.82, 2.24) is 10.2 Å². The van der Waals surface area contributed by atoms with Crippen molar-refractivity contribution >= 4 is 17.5 Å². The highest BCUT2D eigenvalue weighted by molar-refractivity contribution is 5.92. The molecule has 1 aromatic carbocycles. The molecule has 1 aliphatic heterocycles. The number of anilines is 1. The summed E-state index contributed by atoms with van der Waals surface area (Å²) in [4.78, 5) is 26.9. The fraction of sp³-hybridized carbons (Fsp3) is 0.619. The summed E-state index contributed by atoms with van der Waals surface area (Å²) in [5.41, 5.74) is 0.848. The highest BCUT2D eigenvalue weighted by atomic mass is 16.2. The third-order valence-corrected chi connectivity index (χ3v) is 5.82. The van der Waals surface area contributed by atoms with Crippen molar-refractivity contribution in [3.05, 3.63) is 30.3 Å². The van der Waals surface area contributed by atoms with Crippen LogP contribution >= 0.6 is 0 Å². The molecule has 1 saturated heterocycles. The van der Waals surface area contributed by atoms with Crippen molar-refractivity contribution in [2.45, 2.75) is 51.5 Å². The summed E-state index contributed by atoms with van der Waals surface area (Å²) in [5.74, 6) is 0.847. The molecular weight excluding hydrogens is 326 g/mol. The molecule has 142 valence electrons. The molecule has 1 saturated carbocycles. The van der Waals surface area contributed by atoms with E-state index < -0.39 is 0 Å². The molecule has 26 heavy (non-hydrogen) atoms. The van der Waals surface area contributed by atoms with Crippen LogP contribution in [-0.4, -0.2) is 42.4 Å². The number of carbonyl (C=O) groups excluding carboxylic acids is 2. The third-order valence-electron chi connectivity index (χ3n) is 5.82. The molecule has 0 bridgehead atoms. The average Bonchev–Trinajstić information content (AvgIpc) is 2.65. The van der Waals surface area contributed by atoms with Gasteiger partial charge < -0.3 is 10.6 Å². The maximum absolute atomic E-state index is 12.4. The van der Waals surface area contributed by atoms with E-state index in [9.17, 15) is 9.59 Å². The Kier molecular flexibility index (Phi) is 6.67. The number of likely N-dealkylation sites (tertiary alicyclic amines) is 1. The van der Waals surface area contributed by atoms with E-state index in [4.69, 9.17) is 0 Å². The van der Waals surface area contributed by atoms with Crippen molar-refractivity contribution < 1.29 is 9.59 Å². The van der Waals surface area contributed by atoms with Gasteiger partial charge in [-0.05, 0) is 56.8 Å². The number of nitrogens with one attached hydrogen (secondary N) is 2. The third kappa shape index (κ3) is 5.31. The van der Waals surface area contributed by atoms with Crippen molar-refractivity contribution in [3.8, 4) is 0 Å². The summed E-state index contributed by atoms with van der Waals surface area (Å²) in [6.07, 6.45) is 6.45. The highest BCUT2D eigenvalue weighted by Gasteiger charge is 2.27. The van der Waals surface area contributed by atoms with E-state index in [1.165, 1.54) is 19.3 Å². The molecule has 2 amide bonds. The molecular formula is C21H31N3O2. The van der Waals surface area contributed by atoms with Gasteiger partial charge >= 0.3 is 0 Å². The maximum atomic E-state index is 12.4. The molecule has 2 atom stereocenters. The van der Waals surface area contributed by atoms with Gasteiger partial charge in [-0.2, -0.15) is 0 Å². The van der Waals surface area contributed by atoms with Gasteiger partial charge in [-0.3, -0.25) is 14.5 Å². The smallest absolute Gasteiger partial charge is 0.234 e. The van der Waals surface area contributed by atoms with Crippen LogP contribution in [0.15, 0.2) is 30.3 Å². The number of piperidine rings is 1. The summed E-state index contributed by atoms with van der Waals surface area (Å²) < 4.78 is 0. The zero-order chi connectivity index (χ0) is 18.4. The fourth-order valence-corrected chi connectivity index (χ4v) is 4.11. The second-order valence-electron chi connectivity index (χ2n) is 7.84. The molecule has 3 rings (SSSR count). The van der Waals surface area contributed by atoms with Crippen molar-refractivity contribution in [3.63, 3.8) is 0 Å². The van der Waals surface area contributed by atoms with E-state index in [0.29, 0.717) is 18.5 Å². The Morgan fingerprint density at radius 2 is 1.73 bits per heavy atom. The van der Waals surface area contributed by atoms with E-state index in [1.54, 1.807) is 0 Å². The van der Waals surface area contributed by atoms with Gasteiger partial charge in [0.1, 0.15) is 0 Å². The van der Waals surface area contributed by atoms with Gasteiger partial charge in [0.25, 0.3) is 0 Å². The highest BCUT2D eigenvalue weighted by Crippen LogP contribution is 2.24. The van der Waals surface area contributed by atoms with Crippen molar-refractivity contribution in [2.75, 3.05) is 25.0 Å². The monoisotopic (exact) mass is 357 g/mol. The van der Waals surface area contributed by atoms with E-state index in [1.807, 2.05) is 30.3 Å². The minimum absolute atomic E-state index is 0.0351. The summed E-state index contributed by atoms with van der Waals surface area (Å²) in [7, 11) is 0. The minimum Gasteiger partial charge on any atom is -0.352 e. The lowest BCUT2D eigenvalue weighted by atomic mass is 9.86. The number of hydrogen-bond donors (Lipinski definition) is 2. The number of nitrogens with zero attached hydrogens (tertiary/aromatic N) is 1. The maximum Gasteiger partial charge on any atom is 0.234 e. The van der Waals surface area contributed by atoms with Crippen LogP contribution in [0.2, 0.25) is 0 Å². The van der Waals surface area contributed by atoms with E-state index in [-0.39, 0.29) is 17.7 Å². The number of carbonyl (C=O) groups is 2. The van der Waals surface area contributed by atoms with Crippen LogP contribution in [0.3, 0.4) is 0 Å². The number of hydrogen-bond acceptors (Lipinski definition) is 3. The summed E-state index contributed by atoms with van der Waals surface area (Å²) in [6.45, 7) is 4.30. The lowest BCUT2D eigenvalue weighted by molar-refractivity contribution is -0.124. The topological polar surface area (TPSA) is 61.4 Å². The van der Waals surface area contributed by atoms with Gasteiger partial charge in [0.05, 0.1) is 6.54 Å². The Labute approximate surface area is 156 Å². The fourth-order valence-electron chi connectivity index (χ4n) is 4.11. The first-order chi connectivity index (χ1) is 12.6. The first-order valence-electron chi connectivity index (χ1n) is 9.99. The Balaban J connectivity index is 1.39. The second kappa shape index (κ2) is 9.17. The molecule has 0 spiro atoms. The molecule has 2 fully saturated rings. The molecule has 5 heteroatoms. The first kappa shape index (κ1) is 18.9. The van der Waals surface area contributed by atoms with Crippen molar-refractivity contribution in [2.24, 2.45) is 11.8 Å². The lowest BCUT2D eigenvalue weighted by Crippen LogP contribution is -2.47. The molecule has 2 aliphatic rings. The Morgan fingerprint density at radius 3 is 2.42 bits per heavy atom. The van der Waals surface area contributed by atoms with E-state index in [2.05, 4.69) is 22.5 Å². The molecule has 0 aromatic heterocycles. The predicted octanol–water partition coefficient (Wildman–Crippen LogP) is 3.03. The first-order valence-corrected chi connectivity index (χ1v) is 9.99.